The van der Waals surface area contributed by atoms with E-state index in [2.05, 4.69) is 54.4 Å². The first-order valence-corrected chi connectivity index (χ1v) is 12.8. The Labute approximate surface area is 211 Å². The molecule has 0 bridgehead atoms. The Kier molecular flexibility index (Phi) is 5.89. The number of carbonyl (C=O) groups is 1. The Morgan fingerprint density at radius 1 is 1.03 bits per heavy atom. The molecule has 0 saturated carbocycles. The molecule has 2 aromatic carbocycles. The van der Waals surface area contributed by atoms with Gasteiger partial charge in [-0.05, 0) is 68.0 Å². The maximum atomic E-state index is 11.9. The van der Waals surface area contributed by atoms with Crippen LogP contribution in [0.3, 0.4) is 0 Å². The van der Waals surface area contributed by atoms with Crippen LogP contribution in [0.2, 0.25) is 0 Å². The number of likely N-dealkylation sites (tertiary alicyclic amines) is 1. The van der Waals surface area contributed by atoms with Gasteiger partial charge in [-0.1, -0.05) is 49.0 Å². The lowest BCUT2D eigenvalue weighted by Crippen LogP contribution is -2.45. The largest absolute Gasteiger partial charge is 0.339 e. The molecule has 1 saturated heterocycles. The summed E-state index contributed by atoms with van der Waals surface area (Å²) in [4.78, 5) is 18.8. The van der Waals surface area contributed by atoms with Gasteiger partial charge in [0.25, 0.3) is 0 Å². The van der Waals surface area contributed by atoms with Crippen LogP contribution in [0.25, 0.3) is 28.2 Å². The summed E-state index contributed by atoms with van der Waals surface area (Å²) < 4.78 is 1.97. The molecule has 4 aromatic rings. The van der Waals surface area contributed by atoms with Crippen molar-refractivity contribution in [2.75, 3.05) is 13.1 Å². The third-order valence-electron chi connectivity index (χ3n) is 7.57. The van der Waals surface area contributed by atoms with E-state index >= 15 is 0 Å². The lowest BCUT2D eigenvalue weighted by molar-refractivity contribution is -0.127. The summed E-state index contributed by atoms with van der Waals surface area (Å²) in [6, 6.07) is 22.1. The topological polar surface area (TPSA) is 62.5 Å². The van der Waals surface area contributed by atoms with Crippen molar-refractivity contribution < 1.29 is 4.79 Å². The van der Waals surface area contributed by atoms with Crippen LogP contribution in [-0.4, -0.2) is 44.5 Å². The Morgan fingerprint density at radius 3 is 2.61 bits per heavy atom. The molecule has 6 rings (SSSR count). The average Bonchev–Trinajstić information content (AvgIpc) is 3.49. The predicted octanol–water partition coefficient (Wildman–Crippen LogP) is 5.13. The van der Waals surface area contributed by atoms with Crippen molar-refractivity contribution >= 4 is 11.6 Å². The molecule has 0 radical (unpaired) electrons. The van der Waals surface area contributed by atoms with Crippen molar-refractivity contribution in [3.63, 3.8) is 0 Å². The van der Waals surface area contributed by atoms with Crippen molar-refractivity contribution in [2.24, 2.45) is 0 Å². The van der Waals surface area contributed by atoms with Gasteiger partial charge in [-0.15, -0.1) is 0 Å². The maximum absolute atomic E-state index is 11.9. The normalized spacial score (nSPS) is 17.9. The standard InChI is InChI=1S/C30H31N5O/c1-3-28(36)34-17-15-24(16-18-34)31-26-13-11-22-19-23(10-12-25(22)26)29-30(21-7-5-4-6-8-21)35-27(32-29)14-9-20(2)33-35/h3-10,12,14,19,24,26,31H,1,11,13,15-18H2,2H3/t26-/m0/s1. The van der Waals surface area contributed by atoms with E-state index in [1.807, 2.05) is 34.5 Å². The van der Waals surface area contributed by atoms with Gasteiger partial charge in [0.05, 0.1) is 11.4 Å². The van der Waals surface area contributed by atoms with Gasteiger partial charge in [-0.3, -0.25) is 4.79 Å². The molecule has 182 valence electrons. The molecule has 1 fully saturated rings. The van der Waals surface area contributed by atoms with Crippen LogP contribution in [0, 0.1) is 6.92 Å². The molecule has 2 aliphatic rings. The molecule has 1 aliphatic carbocycles. The summed E-state index contributed by atoms with van der Waals surface area (Å²) in [6.45, 7) is 7.22. The minimum absolute atomic E-state index is 0.0411. The molecular formula is C30H31N5O. The highest BCUT2D eigenvalue weighted by atomic mass is 16.2. The molecular weight excluding hydrogens is 446 g/mol. The lowest BCUT2D eigenvalue weighted by atomic mass is 9.99. The molecule has 36 heavy (non-hydrogen) atoms. The zero-order chi connectivity index (χ0) is 24.6. The van der Waals surface area contributed by atoms with Crippen molar-refractivity contribution in [1.29, 1.82) is 0 Å². The van der Waals surface area contributed by atoms with Crippen LogP contribution in [0.1, 0.15) is 42.1 Å². The number of rotatable bonds is 5. The van der Waals surface area contributed by atoms with E-state index in [0.29, 0.717) is 12.1 Å². The summed E-state index contributed by atoms with van der Waals surface area (Å²) in [5.74, 6) is 0.0411. The minimum atomic E-state index is 0.0411. The Balaban J connectivity index is 1.28. The van der Waals surface area contributed by atoms with Crippen molar-refractivity contribution in [3.05, 3.63) is 90.1 Å². The third kappa shape index (κ3) is 4.11. The molecule has 2 aromatic heterocycles. The van der Waals surface area contributed by atoms with Gasteiger partial charge >= 0.3 is 0 Å². The number of piperidine rings is 1. The lowest BCUT2D eigenvalue weighted by Gasteiger charge is -2.33. The van der Waals surface area contributed by atoms with E-state index in [9.17, 15) is 4.79 Å². The van der Waals surface area contributed by atoms with Crippen LogP contribution in [-0.2, 0) is 11.2 Å². The van der Waals surface area contributed by atoms with Gasteiger partial charge < -0.3 is 10.2 Å². The van der Waals surface area contributed by atoms with Gasteiger partial charge in [-0.25, -0.2) is 9.50 Å². The molecule has 0 unspecified atom stereocenters. The smallest absolute Gasteiger partial charge is 0.245 e. The summed E-state index contributed by atoms with van der Waals surface area (Å²) in [5, 5.41) is 8.67. The predicted molar refractivity (Wildman–Crippen MR) is 143 cm³/mol. The number of amides is 1. The number of hydrogen-bond acceptors (Lipinski definition) is 4. The maximum Gasteiger partial charge on any atom is 0.245 e. The van der Waals surface area contributed by atoms with Gasteiger partial charge in [-0.2, -0.15) is 5.10 Å². The van der Waals surface area contributed by atoms with Crippen LogP contribution in [0.5, 0.6) is 0 Å². The number of fused-ring (bicyclic) bond motifs is 2. The fourth-order valence-electron chi connectivity index (χ4n) is 5.70. The second-order valence-electron chi connectivity index (χ2n) is 9.89. The average molecular weight is 478 g/mol. The van der Waals surface area contributed by atoms with Gasteiger partial charge in [0.15, 0.2) is 5.65 Å². The molecule has 1 N–H and O–H groups in total. The van der Waals surface area contributed by atoms with E-state index in [-0.39, 0.29) is 5.91 Å². The van der Waals surface area contributed by atoms with E-state index in [0.717, 1.165) is 72.6 Å². The molecule has 6 nitrogen and oxygen atoms in total. The second kappa shape index (κ2) is 9.36. The Bertz CT molecular complexity index is 1430. The number of hydrogen-bond donors (Lipinski definition) is 1. The second-order valence-corrected chi connectivity index (χ2v) is 9.89. The molecule has 1 aliphatic heterocycles. The molecule has 0 spiro atoms. The highest BCUT2D eigenvalue weighted by Gasteiger charge is 2.28. The van der Waals surface area contributed by atoms with Gasteiger partial charge in [0.1, 0.15) is 5.69 Å². The number of aromatic nitrogens is 3. The summed E-state index contributed by atoms with van der Waals surface area (Å²) in [7, 11) is 0. The van der Waals surface area contributed by atoms with Crippen molar-refractivity contribution in [1.82, 2.24) is 24.8 Å². The van der Waals surface area contributed by atoms with Crippen LogP contribution < -0.4 is 5.32 Å². The zero-order valence-electron chi connectivity index (χ0n) is 20.7. The van der Waals surface area contributed by atoms with E-state index < -0.39 is 0 Å². The van der Waals surface area contributed by atoms with Gasteiger partial charge in [0, 0.05) is 36.3 Å². The Hall–Kier alpha value is -3.77. The molecule has 3 heterocycles. The molecule has 1 amide bonds. The SMILES string of the molecule is C=CC(=O)N1CCC(N[C@H]2CCc3cc(-c4nc5ccc(C)nn5c4-c4ccccc4)ccc32)CC1. The first-order valence-electron chi connectivity index (χ1n) is 12.8. The van der Waals surface area contributed by atoms with E-state index in [4.69, 9.17) is 10.1 Å². The molecule has 6 heteroatoms. The van der Waals surface area contributed by atoms with Crippen molar-refractivity contribution in [2.45, 2.75) is 44.7 Å². The Morgan fingerprint density at radius 2 is 1.83 bits per heavy atom. The van der Waals surface area contributed by atoms with Gasteiger partial charge in [0.2, 0.25) is 5.91 Å². The van der Waals surface area contributed by atoms with Crippen LogP contribution in [0.4, 0.5) is 0 Å². The van der Waals surface area contributed by atoms with Crippen LogP contribution >= 0.6 is 0 Å². The summed E-state index contributed by atoms with van der Waals surface area (Å²) >= 11 is 0. The van der Waals surface area contributed by atoms with E-state index in [1.54, 1.807) is 0 Å². The highest BCUT2D eigenvalue weighted by Crippen LogP contribution is 2.38. The fraction of sp³-hybridized carbons (Fsp3) is 0.300. The number of benzene rings is 2. The monoisotopic (exact) mass is 477 g/mol. The van der Waals surface area contributed by atoms with Crippen molar-refractivity contribution in [3.8, 4) is 22.5 Å². The number of carbonyl (C=O) groups excluding carboxylic acids is 1. The first-order chi connectivity index (χ1) is 17.6. The van der Waals surface area contributed by atoms with Crippen LogP contribution in [0.15, 0.2) is 73.3 Å². The number of aryl methyl sites for hydroxylation is 2. The number of nitrogens with zero attached hydrogens (tertiary/aromatic N) is 4. The zero-order valence-corrected chi connectivity index (χ0v) is 20.7. The van der Waals surface area contributed by atoms with E-state index in [1.165, 1.54) is 17.2 Å². The summed E-state index contributed by atoms with van der Waals surface area (Å²) in [5.41, 5.74) is 8.85. The fourth-order valence-corrected chi connectivity index (χ4v) is 5.70. The minimum Gasteiger partial charge on any atom is -0.339 e. The highest BCUT2D eigenvalue weighted by molar-refractivity contribution is 5.87. The molecule has 1 atom stereocenters. The third-order valence-corrected chi connectivity index (χ3v) is 7.57. The number of imidazole rings is 1. The quantitative estimate of drug-likeness (QED) is 0.405. The summed E-state index contributed by atoms with van der Waals surface area (Å²) in [6.07, 6.45) is 5.54. The first kappa shape index (κ1) is 22.7. The number of nitrogens with one attached hydrogen (secondary N) is 1.